The first-order chi connectivity index (χ1) is 14.1. The average Bonchev–Trinajstić information content (AvgIpc) is 3.21. The number of benzene rings is 3. The van der Waals surface area contributed by atoms with E-state index in [0.29, 0.717) is 16.5 Å². The van der Waals surface area contributed by atoms with Crippen LogP contribution in [-0.4, -0.2) is 20.7 Å². The quantitative estimate of drug-likeness (QED) is 0.486. The van der Waals surface area contributed by atoms with E-state index in [4.69, 9.17) is 11.6 Å². The highest BCUT2D eigenvalue weighted by Gasteiger charge is 2.19. The van der Waals surface area contributed by atoms with E-state index in [1.165, 1.54) is 5.56 Å². The van der Waals surface area contributed by atoms with Crippen molar-refractivity contribution in [2.24, 2.45) is 0 Å². The van der Waals surface area contributed by atoms with E-state index in [1.54, 1.807) is 16.8 Å². The van der Waals surface area contributed by atoms with Crippen molar-refractivity contribution in [1.29, 1.82) is 0 Å². The molecule has 0 spiro atoms. The smallest absolute Gasteiger partial charge is 0.295 e. The summed E-state index contributed by atoms with van der Waals surface area (Å²) in [7, 11) is 0. The summed E-state index contributed by atoms with van der Waals surface area (Å²) in [6.07, 6.45) is 0.945. The van der Waals surface area contributed by atoms with Crippen LogP contribution in [0.1, 0.15) is 23.1 Å². The summed E-state index contributed by atoms with van der Waals surface area (Å²) in [5.41, 5.74) is 3.49. The van der Waals surface area contributed by atoms with E-state index in [-0.39, 0.29) is 11.7 Å². The van der Waals surface area contributed by atoms with Crippen LogP contribution in [0, 0.1) is 0 Å². The molecule has 6 heteroatoms. The van der Waals surface area contributed by atoms with Crippen LogP contribution < -0.4 is 5.32 Å². The van der Waals surface area contributed by atoms with Crippen LogP contribution in [-0.2, 0) is 6.42 Å². The maximum Gasteiger partial charge on any atom is 0.295 e. The van der Waals surface area contributed by atoms with Crippen LogP contribution in [0.2, 0.25) is 5.02 Å². The third kappa shape index (κ3) is 4.20. The molecule has 5 nitrogen and oxygen atoms in total. The standard InChI is InChI=1S/C23H19ClN4O/c1-2-16-11-13-19(14-12-16)25-23(29)21-26-22(17-7-6-8-18(24)15-17)28(27-21)20-9-4-3-5-10-20/h3-15H,2H2,1H3,(H,25,29). The molecule has 1 amide bonds. The summed E-state index contributed by atoms with van der Waals surface area (Å²) >= 11 is 6.16. The summed E-state index contributed by atoms with van der Waals surface area (Å²) in [4.78, 5) is 17.3. The Bertz CT molecular complexity index is 1140. The molecule has 0 bridgehead atoms. The number of nitrogens with zero attached hydrogens (tertiary/aromatic N) is 3. The lowest BCUT2D eigenvalue weighted by Crippen LogP contribution is -2.14. The highest BCUT2D eigenvalue weighted by Crippen LogP contribution is 2.24. The van der Waals surface area contributed by atoms with Crippen LogP contribution in [0.4, 0.5) is 5.69 Å². The van der Waals surface area contributed by atoms with Gasteiger partial charge in [0.1, 0.15) is 0 Å². The van der Waals surface area contributed by atoms with Crippen LogP contribution in [0.5, 0.6) is 0 Å². The zero-order valence-electron chi connectivity index (χ0n) is 15.8. The minimum absolute atomic E-state index is 0.0865. The Morgan fingerprint density at radius 3 is 2.45 bits per heavy atom. The van der Waals surface area contributed by atoms with E-state index in [1.807, 2.05) is 66.7 Å². The molecule has 0 aliphatic carbocycles. The number of para-hydroxylation sites is 1. The van der Waals surface area contributed by atoms with Crippen LogP contribution in [0.25, 0.3) is 17.1 Å². The SMILES string of the molecule is CCc1ccc(NC(=O)c2nc(-c3cccc(Cl)c3)n(-c3ccccc3)n2)cc1. The number of hydrogen-bond donors (Lipinski definition) is 1. The predicted molar refractivity (Wildman–Crippen MR) is 116 cm³/mol. The molecule has 0 saturated heterocycles. The molecule has 0 fully saturated rings. The number of aromatic nitrogens is 3. The van der Waals surface area contributed by atoms with Gasteiger partial charge >= 0.3 is 0 Å². The number of carbonyl (C=O) groups excluding carboxylic acids is 1. The molecule has 4 rings (SSSR count). The molecule has 29 heavy (non-hydrogen) atoms. The Hall–Kier alpha value is -3.44. The second-order valence-corrected chi connectivity index (χ2v) is 6.96. The van der Waals surface area contributed by atoms with Gasteiger partial charge in [-0.2, -0.15) is 0 Å². The van der Waals surface area contributed by atoms with E-state index < -0.39 is 0 Å². The van der Waals surface area contributed by atoms with Crippen molar-refractivity contribution in [3.8, 4) is 17.1 Å². The van der Waals surface area contributed by atoms with Gasteiger partial charge < -0.3 is 5.32 Å². The highest BCUT2D eigenvalue weighted by atomic mass is 35.5. The van der Waals surface area contributed by atoms with Gasteiger partial charge in [-0.15, -0.1) is 5.10 Å². The van der Waals surface area contributed by atoms with Crippen molar-refractivity contribution in [3.63, 3.8) is 0 Å². The molecule has 1 N–H and O–H groups in total. The number of halogens is 1. The fourth-order valence-electron chi connectivity index (χ4n) is 2.98. The molecule has 0 aliphatic heterocycles. The molecule has 144 valence electrons. The molecule has 4 aromatic rings. The number of rotatable bonds is 5. The summed E-state index contributed by atoms with van der Waals surface area (Å²) in [5.74, 6) is 0.265. The summed E-state index contributed by atoms with van der Waals surface area (Å²) in [5, 5.41) is 7.92. The van der Waals surface area contributed by atoms with E-state index in [9.17, 15) is 4.79 Å². The fraction of sp³-hybridized carbons (Fsp3) is 0.0870. The zero-order valence-corrected chi connectivity index (χ0v) is 16.6. The highest BCUT2D eigenvalue weighted by molar-refractivity contribution is 6.30. The number of carbonyl (C=O) groups is 1. The third-order valence-electron chi connectivity index (χ3n) is 4.51. The van der Waals surface area contributed by atoms with E-state index in [0.717, 1.165) is 17.7 Å². The van der Waals surface area contributed by atoms with Gasteiger partial charge in [-0.3, -0.25) is 4.79 Å². The maximum atomic E-state index is 12.8. The lowest BCUT2D eigenvalue weighted by molar-refractivity contribution is 0.101. The molecule has 1 heterocycles. The van der Waals surface area contributed by atoms with Gasteiger partial charge in [-0.25, -0.2) is 9.67 Å². The number of amides is 1. The normalized spacial score (nSPS) is 10.7. The first-order valence-corrected chi connectivity index (χ1v) is 9.70. The summed E-state index contributed by atoms with van der Waals surface area (Å²) in [6, 6.07) is 24.6. The molecule has 0 unspecified atom stereocenters. The van der Waals surface area contributed by atoms with Gasteiger partial charge in [-0.1, -0.05) is 61.0 Å². The molecular weight excluding hydrogens is 384 g/mol. The minimum Gasteiger partial charge on any atom is -0.319 e. The topological polar surface area (TPSA) is 59.8 Å². The molecule has 1 aromatic heterocycles. The van der Waals surface area contributed by atoms with Crippen molar-refractivity contribution in [1.82, 2.24) is 14.8 Å². The van der Waals surface area contributed by atoms with E-state index >= 15 is 0 Å². The first-order valence-electron chi connectivity index (χ1n) is 9.33. The largest absolute Gasteiger partial charge is 0.319 e. The summed E-state index contributed by atoms with van der Waals surface area (Å²) in [6.45, 7) is 2.09. The van der Waals surface area contributed by atoms with Crippen LogP contribution in [0.3, 0.4) is 0 Å². The van der Waals surface area contributed by atoms with Gasteiger partial charge in [0.2, 0.25) is 5.82 Å². The molecular formula is C23H19ClN4O. The fourth-order valence-corrected chi connectivity index (χ4v) is 3.17. The van der Waals surface area contributed by atoms with Gasteiger partial charge in [-0.05, 0) is 48.4 Å². The molecule has 0 saturated carbocycles. The number of aryl methyl sites for hydroxylation is 1. The Balaban J connectivity index is 1.71. The molecule has 0 atom stereocenters. The van der Waals surface area contributed by atoms with Crippen molar-refractivity contribution in [2.45, 2.75) is 13.3 Å². The van der Waals surface area contributed by atoms with Gasteiger partial charge in [0.25, 0.3) is 5.91 Å². The minimum atomic E-state index is -0.368. The maximum absolute atomic E-state index is 12.8. The predicted octanol–water partition coefficient (Wildman–Crippen LogP) is 5.40. The average molecular weight is 403 g/mol. The van der Waals surface area contributed by atoms with Crippen molar-refractivity contribution >= 4 is 23.2 Å². The number of nitrogens with one attached hydrogen (secondary N) is 1. The van der Waals surface area contributed by atoms with Crippen molar-refractivity contribution in [2.75, 3.05) is 5.32 Å². The Kier molecular flexibility index (Phi) is 5.40. The Morgan fingerprint density at radius 2 is 1.76 bits per heavy atom. The number of anilines is 1. The molecule has 0 aliphatic rings. The first kappa shape index (κ1) is 18.9. The van der Waals surface area contributed by atoms with Crippen molar-refractivity contribution in [3.05, 3.63) is 95.3 Å². The van der Waals surface area contributed by atoms with Gasteiger partial charge in [0.15, 0.2) is 5.82 Å². The second kappa shape index (κ2) is 8.29. The molecule has 0 radical (unpaired) electrons. The Labute approximate surface area is 174 Å². The lowest BCUT2D eigenvalue weighted by Gasteiger charge is -2.05. The zero-order chi connectivity index (χ0) is 20.2. The lowest BCUT2D eigenvalue weighted by atomic mass is 10.1. The third-order valence-corrected chi connectivity index (χ3v) is 4.75. The Morgan fingerprint density at radius 1 is 1.00 bits per heavy atom. The monoisotopic (exact) mass is 402 g/mol. The van der Waals surface area contributed by atoms with Crippen LogP contribution in [0.15, 0.2) is 78.9 Å². The van der Waals surface area contributed by atoms with Gasteiger partial charge in [0.05, 0.1) is 5.69 Å². The summed E-state index contributed by atoms with van der Waals surface area (Å²) < 4.78 is 1.65. The van der Waals surface area contributed by atoms with Crippen LogP contribution >= 0.6 is 11.6 Å². The van der Waals surface area contributed by atoms with Crippen molar-refractivity contribution < 1.29 is 4.79 Å². The van der Waals surface area contributed by atoms with Gasteiger partial charge in [0, 0.05) is 16.3 Å². The van der Waals surface area contributed by atoms with E-state index in [2.05, 4.69) is 22.3 Å². The number of hydrogen-bond acceptors (Lipinski definition) is 3. The second-order valence-electron chi connectivity index (χ2n) is 6.52. The molecule has 3 aromatic carbocycles.